The summed E-state index contributed by atoms with van der Waals surface area (Å²) in [6.07, 6.45) is 0. The van der Waals surface area contributed by atoms with Crippen LogP contribution < -0.4 is 10.1 Å². The van der Waals surface area contributed by atoms with Gasteiger partial charge >= 0.3 is 0 Å². The second-order valence-corrected chi connectivity index (χ2v) is 6.20. The van der Waals surface area contributed by atoms with Gasteiger partial charge in [0.15, 0.2) is 0 Å². The summed E-state index contributed by atoms with van der Waals surface area (Å²) in [6.45, 7) is 7.20. The Hall–Kier alpha value is -1.22. The first kappa shape index (κ1) is 16.2. The molecule has 21 heavy (non-hydrogen) atoms. The summed E-state index contributed by atoms with van der Waals surface area (Å²) in [6, 6.07) is 11.7. The fourth-order valence-electron chi connectivity index (χ4n) is 1.97. The van der Waals surface area contributed by atoms with Crippen molar-refractivity contribution in [3.8, 4) is 11.5 Å². The van der Waals surface area contributed by atoms with Crippen molar-refractivity contribution >= 4 is 23.2 Å². The van der Waals surface area contributed by atoms with Crippen LogP contribution in [0.25, 0.3) is 0 Å². The molecular formula is C17H19Cl2NO. The van der Waals surface area contributed by atoms with Gasteiger partial charge in [0.1, 0.15) is 11.5 Å². The van der Waals surface area contributed by atoms with Gasteiger partial charge in [0.2, 0.25) is 0 Å². The Morgan fingerprint density at radius 3 is 2.24 bits per heavy atom. The van der Waals surface area contributed by atoms with Crippen LogP contribution in [0.5, 0.6) is 11.5 Å². The molecule has 0 heterocycles. The predicted molar refractivity (Wildman–Crippen MR) is 89.7 cm³/mol. The number of nitrogens with one attached hydrogen (secondary N) is 1. The Labute approximate surface area is 136 Å². The quantitative estimate of drug-likeness (QED) is 0.774. The zero-order chi connectivity index (χ0) is 15.4. The molecule has 0 radical (unpaired) electrons. The zero-order valence-corrected chi connectivity index (χ0v) is 13.9. The number of halogens is 2. The number of hydrogen-bond donors (Lipinski definition) is 1. The molecular weight excluding hydrogens is 305 g/mol. The zero-order valence-electron chi connectivity index (χ0n) is 12.4. The van der Waals surface area contributed by atoms with Gasteiger partial charge in [-0.3, -0.25) is 0 Å². The Morgan fingerprint density at radius 2 is 1.67 bits per heavy atom. The summed E-state index contributed by atoms with van der Waals surface area (Å²) >= 11 is 11.9. The maximum absolute atomic E-state index is 5.97. The lowest BCUT2D eigenvalue weighted by Crippen LogP contribution is -2.22. The fourth-order valence-corrected chi connectivity index (χ4v) is 2.47. The number of hydrogen-bond acceptors (Lipinski definition) is 2. The average molecular weight is 324 g/mol. The van der Waals surface area contributed by atoms with Crippen LogP contribution in [0.2, 0.25) is 10.0 Å². The normalized spacial score (nSPS) is 11.0. The maximum Gasteiger partial charge on any atom is 0.130 e. The van der Waals surface area contributed by atoms with E-state index in [4.69, 9.17) is 27.9 Å². The van der Waals surface area contributed by atoms with Crippen LogP contribution in [-0.4, -0.2) is 6.04 Å². The second-order valence-electron chi connectivity index (χ2n) is 5.33. The third-order valence-electron chi connectivity index (χ3n) is 3.09. The molecule has 0 unspecified atom stereocenters. The number of benzene rings is 2. The van der Waals surface area contributed by atoms with Gasteiger partial charge in [-0.05, 0) is 48.4 Å². The highest BCUT2D eigenvalue weighted by molar-refractivity contribution is 6.34. The first-order chi connectivity index (χ1) is 9.94. The Bertz CT molecular complexity index is 606. The first-order valence-corrected chi connectivity index (χ1v) is 7.66. The van der Waals surface area contributed by atoms with Crippen molar-refractivity contribution in [1.29, 1.82) is 0 Å². The fraction of sp³-hybridized carbons (Fsp3) is 0.294. The van der Waals surface area contributed by atoms with Crippen molar-refractivity contribution in [1.82, 2.24) is 5.32 Å². The molecule has 0 aliphatic heterocycles. The molecule has 0 spiro atoms. The minimum atomic E-state index is 0.467. The van der Waals surface area contributed by atoms with E-state index < -0.39 is 0 Å². The topological polar surface area (TPSA) is 21.3 Å². The molecule has 0 saturated carbocycles. The third-order valence-corrected chi connectivity index (χ3v) is 3.52. The lowest BCUT2D eigenvalue weighted by atomic mass is 10.1. The Kier molecular flexibility index (Phi) is 5.51. The first-order valence-electron chi connectivity index (χ1n) is 6.91. The highest BCUT2D eigenvalue weighted by Gasteiger charge is 2.05. The smallest absolute Gasteiger partial charge is 0.130 e. The molecule has 2 rings (SSSR count). The lowest BCUT2D eigenvalue weighted by Gasteiger charge is -2.12. The van der Waals surface area contributed by atoms with Gasteiger partial charge in [0.25, 0.3) is 0 Å². The van der Waals surface area contributed by atoms with E-state index in [9.17, 15) is 0 Å². The van der Waals surface area contributed by atoms with E-state index in [1.54, 1.807) is 18.2 Å². The van der Waals surface area contributed by atoms with E-state index in [1.807, 2.05) is 12.1 Å². The molecule has 2 aromatic carbocycles. The molecule has 2 nitrogen and oxygen atoms in total. The van der Waals surface area contributed by atoms with Crippen LogP contribution in [0.1, 0.15) is 25.0 Å². The average Bonchev–Trinajstić information content (AvgIpc) is 2.36. The maximum atomic E-state index is 5.97. The molecule has 0 aliphatic rings. The van der Waals surface area contributed by atoms with Gasteiger partial charge in [-0.2, -0.15) is 0 Å². The van der Waals surface area contributed by atoms with Crippen molar-refractivity contribution in [3.63, 3.8) is 0 Å². The van der Waals surface area contributed by atoms with Crippen molar-refractivity contribution in [2.75, 3.05) is 0 Å². The van der Waals surface area contributed by atoms with E-state index in [1.165, 1.54) is 11.1 Å². The Balaban J connectivity index is 2.12. The van der Waals surface area contributed by atoms with Crippen molar-refractivity contribution in [3.05, 3.63) is 57.6 Å². The van der Waals surface area contributed by atoms with Gasteiger partial charge < -0.3 is 10.1 Å². The summed E-state index contributed by atoms with van der Waals surface area (Å²) in [7, 11) is 0. The van der Waals surface area contributed by atoms with Gasteiger partial charge in [-0.25, -0.2) is 0 Å². The van der Waals surface area contributed by atoms with Crippen LogP contribution in [-0.2, 0) is 6.54 Å². The summed E-state index contributed by atoms with van der Waals surface area (Å²) < 4.78 is 5.81. The third kappa shape index (κ3) is 4.92. The molecule has 4 heteroatoms. The summed E-state index contributed by atoms with van der Waals surface area (Å²) in [5, 5.41) is 4.54. The van der Waals surface area contributed by atoms with E-state index in [2.05, 4.69) is 32.2 Å². The van der Waals surface area contributed by atoms with Crippen molar-refractivity contribution in [2.24, 2.45) is 0 Å². The van der Waals surface area contributed by atoms with Crippen molar-refractivity contribution in [2.45, 2.75) is 33.4 Å². The van der Waals surface area contributed by atoms with E-state index >= 15 is 0 Å². The highest BCUT2D eigenvalue weighted by atomic mass is 35.5. The van der Waals surface area contributed by atoms with Crippen LogP contribution in [0, 0.1) is 6.92 Å². The number of ether oxygens (including phenoxy) is 1. The summed E-state index contributed by atoms with van der Waals surface area (Å²) in [5.41, 5.74) is 2.45. The standard InChI is InChI=1S/C17H19Cl2NO/c1-11(2)20-10-13-4-5-16(6-12(13)3)21-17-8-14(18)7-15(19)9-17/h4-9,11,20H,10H2,1-3H3. The Morgan fingerprint density at radius 1 is 1.00 bits per heavy atom. The SMILES string of the molecule is Cc1cc(Oc2cc(Cl)cc(Cl)c2)ccc1CNC(C)C. The van der Waals surface area contributed by atoms with E-state index in [0.717, 1.165) is 12.3 Å². The van der Waals surface area contributed by atoms with Gasteiger partial charge in [0.05, 0.1) is 0 Å². The summed E-state index contributed by atoms with van der Waals surface area (Å²) in [4.78, 5) is 0. The minimum Gasteiger partial charge on any atom is -0.457 e. The monoisotopic (exact) mass is 323 g/mol. The molecule has 0 atom stereocenters. The van der Waals surface area contributed by atoms with Gasteiger partial charge in [-0.15, -0.1) is 0 Å². The van der Waals surface area contributed by atoms with Crippen LogP contribution in [0.4, 0.5) is 0 Å². The molecule has 1 N–H and O–H groups in total. The van der Waals surface area contributed by atoms with Crippen molar-refractivity contribution < 1.29 is 4.74 Å². The highest BCUT2D eigenvalue weighted by Crippen LogP contribution is 2.29. The molecule has 112 valence electrons. The largest absolute Gasteiger partial charge is 0.457 e. The van der Waals surface area contributed by atoms with E-state index in [-0.39, 0.29) is 0 Å². The van der Waals surface area contributed by atoms with Gasteiger partial charge in [0, 0.05) is 22.6 Å². The lowest BCUT2D eigenvalue weighted by molar-refractivity contribution is 0.481. The van der Waals surface area contributed by atoms with Gasteiger partial charge in [-0.1, -0.05) is 43.1 Å². The molecule has 2 aromatic rings. The predicted octanol–water partition coefficient (Wildman–Crippen LogP) is 5.59. The van der Waals surface area contributed by atoms with E-state index in [0.29, 0.717) is 21.8 Å². The second kappa shape index (κ2) is 7.17. The summed E-state index contributed by atoms with van der Waals surface area (Å²) in [5.74, 6) is 1.42. The molecule has 0 aliphatic carbocycles. The number of aryl methyl sites for hydroxylation is 1. The van der Waals surface area contributed by atoms with Crippen LogP contribution in [0.15, 0.2) is 36.4 Å². The minimum absolute atomic E-state index is 0.467. The molecule has 0 saturated heterocycles. The molecule has 0 amide bonds. The van der Waals surface area contributed by atoms with Crippen LogP contribution >= 0.6 is 23.2 Å². The molecule has 0 aromatic heterocycles. The van der Waals surface area contributed by atoms with Crippen LogP contribution in [0.3, 0.4) is 0 Å². The number of rotatable bonds is 5. The molecule has 0 bridgehead atoms. The molecule has 0 fully saturated rings.